The summed E-state index contributed by atoms with van der Waals surface area (Å²) in [6.45, 7) is 18.9. The van der Waals surface area contributed by atoms with Crippen molar-refractivity contribution < 1.29 is 14.2 Å². The highest BCUT2D eigenvalue weighted by atomic mass is 16.6. The van der Waals surface area contributed by atoms with Gasteiger partial charge in [0.05, 0.1) is 0 Å². The molecule has 2 rings (SSSR count). The molecule has 154 valence electrons. The smallest absolute Gasteiger partial charge is 0.410 e. The van der Waals surface area contributed by atoms with Gasteiger partial charge in [-0.3, -0.25) is 0 Å². The van der Waals surface area contributed by atoms with E-state index in [2.05, 4.69) is 51.2 Å². The van der Waals surface area contributed by atoms with Crippen molar-refractivity contribution in [1.82, 2.24) is 15.3 Å². The van der Waals surface area contributed by atoms with Crippen molar-refractivity contribution >= 4 is 13.0 Å². The zero-order valence-corrected chi connectivity index (χ0v) is 18.5. The van der Waals surface area contributed by atoms with Gasteiger partial charge >= 0.3 is 13.0 Å². The van der Waals surface area contributed by atoms with E-state index in [4.69, 9.17) is 9.39 Å². The molecule has 1 saturated heterocycles. The predicted molar refractivity (Wildman–Crippen MR) is 110 cm³/mol. The maximum Gasteiger partial charge on any atom is 0.410 e. The number of nitrogens with one attached hydrogen (secondary N) is 1. The largest absolute Gasteiger partial charge is 0.444 e. The first-order valence-corrected chi connectivity index (χ1v) is 10.3. The van der Waals surface area contributed by atoms with Crippen LogP contribution in [-0.4, -0.2) is 59.8 Å². The van der Waals surface area contributed by atoms with Gasteiger partial charge in [0.2, 0.25) is 0 Å². The van der Waals surface area contributed by atoms with Gasteiger partial charge in [0.1, 0.15) is 5.60 Å². The molecule has 6 nitrogen and oxygen atoms in total. The maximum absolute atomic E-state index is 12.2. The first kappa shape index (κ1) is 22.1. The van der Waals surface area contributed by atoms with Crippen molar-refractivity contribution in [2.75, 3.05) is 19.6 Å². The van der Waals surface area contributed by atoms with Gasteiger partial charge in [0.15, 0.2) is 0 Å². The Labute approximate surface area is 165 Å². The fraction of sp³-hybridized carbons (Fsp3) is 0.850. The van der Waals surface area contributed by atoms with Crippen LogP contribution in [0.1, 0.15) is 61.3 Å². The van der Waals surface area contributed by atoms with Crippen molar-refractivity contribution in [3.63, 3.8) is 0 Å². The summed E-state index contributed by atoms with van der Waals surface area (Å²) >= 11 is 0. The average molecular weight is 379 g/mol. The number of ether oxygens (including phenoxy) is 1. The average Bonchev–Trinajstić information content (AvgIpc) is 3.03. The van der Waals surface area contributed by atoms with Crippen molar-refractivity contribution in [3.8, 4) is 0 Å². The fourth-order valence-electron chi connectivity index (χ4n) is 3.26. The van der Waals surface area contributed by atoms with Gasteiger partial charge in [0.25, 0.3) is 0 Å². The Morgan fingerprint density at radius 2 is 1.81 bits per heavy atom. The third-order valence-electron chi connectivity index (χ3n) is 5.67. The van der Waals surface area contributed by atoms with Crippen LogP contribution >= 0.6 is 0 Å². The number of rotatable bonds is 5. The summed E-state index contributed by atoms with van der Waals surface area (Å²) < 4.78 is 11.8. The summed E-state index contributed by atoms with van der Waals surface area (Å²) in [6.07, 6.45) is 3.87. The van der Waals surface area contributed by atoms with E-state index in [9.17, 15) is 4.79 Å². The lowest BCUT2D eigenvalue weighted by atomic mass is 9.62. The molecule has 1 N–H and O–H groups in total. The maximum atomic E-state index is 12.2. The van der Waals surface area contributed by atoms with E-state index < -0.39 is 5.60 Å². The molecule has 27 heavy (non-hydrogen) atoms. The van der Waals surface area contributed by atoms with Gasteiger partial charge in [-0.25, -0.2) is 10.2 Å². The molecule has 7 heteroatoms. The van der Waals surface area contributed by atoms with Gasteiger partial charge in [-0.05, 0) is 58.9 Å². The second kappa shape index (κ2) is 8.44. The Balaban J connectivity index is 1.86. The first-order chi connectivity index (χ1) is 12.4. The Bertz CT molecular complexity index is 549. The van der Waals surface area contributed by atoms with Crippen LogP contribution in [-0.2, 0) is 9.39 Å². The minimum Gasteiger partial charge on any atom is -0.444 e. The number of carbonyl (C=O) groups is 1. The van der Waals surface area contributed by atoms with Gasteiger partial charge in [-0.15, -0.1) is 0 Å². The molecule has 1 amide bonds. The van der Waals surface area contributed by atoms with E-state index >= 15 is 0 Å². The molecule has 0 aromatic rings. The van der Waals surface area contributed by atoms with Crippen LogP contribution < -0.4 is 5.43 Å². The summed E-state index contributed by atoms with van der Waals surface area (Å²) in [5, 5.41) is 2.21. The summed E-state index contributed by atoms with van der Waals surface area (Å²) in [4.78, 5) is 14.0. The van der Waals surface area contributed by atoms with Crippen LogP contribution in [0.15, 0.2) is 11.7 Å². The lowest BCUT2D eigenvalue weighted by Crippen LogP contribution is -2.48. The number of hydrogen-bond acceptors (Lipinski definition) is 5. The van der Waals surface area contributed by atoms with Gasteiger partial charge in [-0.1, -0.05) is 20.7 Å². The Hall–Kier alpha value is -1.21. The highest BCUT2D eigenvalue weighted by Gasteiger charge is 2.34. The lowest BCUT2D eigenvalue weighted by molar-refractivity contribution is 0.0151. The quantitative estimate of drug-likeness (QED) is 0.739. The van der Waals surface area contributed by atoms with E-state index in [1.807, 2.05) is 25.7 Å². The van der Waals surface area contributed by atoms with Crippen molar-refractivity contribution in [2.45, 2.75) is 85.4 Å². The van der Waals surface area contributed by atoms with E-state index in [0.717, 1.165) is 32.5 Å². The summed E-state index contributed by atoms with van der Waals surface area (Å²) in [7, 11) is 0. The monoisotopic (exact) mass is 379 g/mol. The molecular weight excluding hydrogens is 341 g/mol. The number of hydrazine groups is 1. The zero-order chi connectivity index (χ0) is 20.4. The van der Waals surface area contributed by atoms with Gasteiger partial charge in [-0.2, -0.15) is 0 Å². The zero-order valence-electron chi connectivity index (χ0n) is 18.5. The summed E-state index contributed by atoms with van der Waals surface area (Å²) in [6, 6.07) is 0.395. The van der Waals surface area contributed by atoms with Crippen molar-refractivity contribution in [1.29, 1.82) is 0 Å². The minimum absolute atomic E-state index is 0.0850. The van der Waals surface area contributed by atoms with E-state index in [-0.39, 0.29) is 18.6 Å². The Kier molecular flexibility index (Phi) is 6.90. The number of nitrogens with zero attached hydrogens (tertiary/aromatic N) is 2. The predicted octanol–water partition coefficient (Wildman–Crippen LogP) is 3.70. The molecule has 0 aliphatic carbocycles. The van der Waals surface area contributed by atoms with Crippen LogP contribution in [0.3, 0.4) is 0 Å². The topological polar surface area (TPSA) is 54.0 Å². The van der Waals surface area contributed by atoms with Crippen LogP contribution in [0.25, 0.3) is 0 Å². The van der Waals surface area contributed by atoms with Crippen molar-refractivity contribution in [3.05, 3.63) is 11.7 Å². The molecule has 0 atom stereocenters. The first-order valence-electron chi connectivity index (χ1n) is 10.3. The van der Waals surface area contributed by atoms with Crippen LogP contribution in [0, 0.1) is 5.92 Å². The Morgan fingerprint density at radius 1 is 1.22 bits per heavy atom. The van der Waals surface area contributed by atoms with Gasteiger partial charge < -0.3 is 19.3 Å². The molecule has 0 aromatic heterocycles. The minimum atomic E-state index is -0.442. The number of carbonyl (C=O) groups excluding carboxylic acids is 1. The molecule has 0 unspecified atom stereocenters. The van der Waals surface area contributed by atoms with Gasteiger partial charge in [0, 0.05) is 37.5 Å². The van der Waals surface area contributed by atoms with E-state index in [0.29, 0.717) is 12.0 Å². The van der Waals surface area contributed by atoms with Crippen LogP contribution in [0.2, 0.25) is 6.82 Å². The Morgan fingerprint density at radius 3 is 2.33 bits per heavy atom. The van der Waals surface area contributed by atoms with E-state index in [1.54, 1.807) is 0 Å². The standard InChI is InChI=1S/C20H38BN3O3/c1-15(2)20(6,7)27-21(8)16-13-22-24(14-16)17-9-11-23(12-10-17)18(25)26-19(3,4)5/h14-15,17,22H,9-13H2,1-8H3. The third kappa shape index (κ3) is 6.14. The number of hydrogen-bond donors (Lipinski definition) is 1. The molecule has 1 fully saturated rings. The molecule has 2 aliphatic rings. The second-order valence-electron chi connectivity index (χ2n) is 9.66. The molecule has 0 saturated carbocycles. The summed E-state index contributed by atoms with van der Waals surface area (Å²) in [5.74, 6) is 0.461. The summed E-state index contributed by atoms with van der Waals surface area (Å²) in [5.41, 5.74) is 4.17. The molecular formula is C20H38BN3O3. The van der Waals surface area contributed by atoms with Crippen molar-refractivity contribution in [2.24, 2.45) is 5.92 Å². The molecule has 0 aromatic carbocycles. The molecule has 0 bridgehead atoms. The highest BCUT2D eigenvalue weighted by Crippen LogP contribution is 2.26. The molecule has 0 radical (unpaired) electrons. The van der Waals surface area contributed by atoms with E-state index in [1.165, 1.54) is 5.47 Å². The number of amides is 1. The normalized spacial score (nSPS) is 19.5. The molecule has 0 spiro atoms. The second-order valence-corrected chi connectivity index (χ2v) is 9.66. The molecule has 2 heterocycles. The lowest BCUT2D eigenvalue weighted by Gasteiger charge is -2.37. The van der Waals surface area contributed by atoms with Crippen LogP contribution in [0.4, 0.5) is 4.79 Å². The molecule has 2 aliphatic heterocycles. The SMILES string of the molecule is CB(OC(C)(C)C(C)C)C1=CN(C2CCN(C(=O)OC(C)(C)C)CC2)NC1. The number of likely N-dealkylation sites (tertiary alicyclic amines) is 1. The third-order valence-corrected chi connectivity index (χ3v) is 5.67. The fourth-order valence-corrected chi connectivity index (χ4v) is 3.26. The highest BCUT2D eigenvalue weighted by molar-refractivity contribution is 6.59. The van der Waals surface area contributed by atoms with Crippen LogP contribution in [0.5, 0.6) is 0 Å². The number of piperidine rings is 1.